The van der Waals surface area contributed by atoms with Gasteiger partial charge in [0.05, 0.1) is 0 Å². The minimum atomic E-state index is -0.937. The summed E-state index contributed by atoms with van der Waals surface area (Å²) < 4.78 is 5.75. The number of carbonyl (C=O) groups is 2. The lowest BCUT2D eigenvalue weighted by atomic mass is 9.63. The zero-order chi connectivity index (χ0) is 20.0. The number of piperidine rings is 1. The molecule has 0 aromatic heterocycles. The molecular formula is C24H25NO4. The smallest absolute Gasteiger partial charge is 0.410 e. The van der Waals surface area contributed by atoms with Gasteiger partial charge in [-0.1, -0.05) is 55.0 Å². The molecule has 1 saturated carbocycles. The highest BCUT2D eigenvalue weighted by Crippen LogP contribution is 2.49. The second-order valence-electron chi connectivity index (χ2n) is 8.68. The first-order chi connectivity index (χ1) is 14.1. The summed E-state index contributed by atoms with van der Waals surface area (Å²) in [4.78, 5) is 26.2. The zero-order valence-corrected chi connectivity index (χ0v) is 16.3. The molecule has 2 fully saturated rings. The van der Waals surface area contributed by atoms with Crippen LogP contribution in [0.4, 0.5) is 4.79 Å². The van der Waals surface area contributed by atoms with Crippen molar-refractivity contribution in [3.05, 3.63) is 59.7 Å². The third kappa shape index (κ3) is 3.00. The Morgan fingerprint density at radius 3 is 2.17 bits per heavy atom. The highest BCUT2D eigenvalue weighted by atomic mass is 16.6. The number of hydrogen-bond donors (Lipinski definition) is 1. The molecule has 3 aliphatic rings. The number of ether oxygens (including phenoxy) is 1. The van der Waals surface area contributed by atoms with Crippen LogP contribution in [0.25, 0.3) is 11.1 Å². The molecule has 0 radical (unpaired) electrons. The number of carbonyl (C=O) groups excluding carboxylic acids is 1. The van der Waals surface area contributed by atoms with Crippen LogP contribution in [0.15, 0.2) is 48.5 Å². The lowest BCUT2D eigenvalue weighted by Gasteiger charge is -2.50. The van der Waals surface area contributed by atoms with Crippen LogP contribution in [0.5, 0.6) is 0 Å². The molecule has 2 aliphatic carbocycles. The Labute approximate surface area is 170 Å². The predicted octanol–water partition coefficient (Wildman–Crippen LogP) is 4.65. The second-order valence-corrected chi connectivity index (χ2v) is 8.68. The van der Waals surface area contributed by atoms with Gasteiger partial charge in [0.2, 0.25) is 0 Å². The molecule has 29 heavy (non-hydrogen) atoms. The van der Waals surface area contributed by atoms with Crippen LogP contribution in [0.3, 0.4) is 0 Å². The molecule has 1 amide bonds. The van der Waals surface area contributed by atoms with E-state index >= 15 is 0 Å². The number of benzene rings is 2. The van der Waals surface area contributed by atoms with E-state index in [-0.39, 0.29) is 17.9 Å². The van der Waals surface area contributed by atoms with Gasteiger partial charge >= 0.3 is 12.1 Å². The monoisotopic (exact) mass is 391 g/mol. The summed E-state index contributed by atoms with van der Waals surface area (Å²) in [5.74, 6) is -0.954. The number of rotatable bonds is 3. The van der Waals surface area contributed by atoms with Crippen molar-refractivity contribution in [1.29, 1.82) is 0 Å². The van der Waals surface area contributed by atoms with Crippen molar-refractivity contribution in [2.45, 2.75) is 44.1 Å². The van der Waals surface area contributed by atoms with Crippen molar-refractivity contribution in [2.75, 3.05) is 13.2 Å². The molecule has 1 aliphatic heterocycles. The number of fused-ring (bicyclic) bond motifs is 3. The number of carboxylic acid groups (broad SMARTS) is 1. The fraction of sp³-hybridized carbons (Fsp3) is 0.417. The maximum atomic E-state index is 13.0. The number of carboxylic acids is 1. The van der Waals surface area contributed by atoms with Crippen molar-refractivity contribution in [3.8, 4) is 11.1 Å². The van der Waals surface area contributed by atoms with Crippen LogP contribution in [0.1, 0.15) is 49.1 Å². The number of amides is 1. The van der Waals surface area contributed by atoms with E-state index in [0.717, 1.165) is 36.8 Å². The minimum Gasteiger partial charge on any atom is -0.480 e. The second kappa shape index (κ2) is 6.90. The molecule has 1 heterocycles. The molecule has 0 bridgehead atoms. The van der Waals surface area contributed by atoms with E-state index in [0.29, 0.717) is 13.0 Å². The van der Waals surface area contributed by atoms with Crippen molar-refractivity contribution in [1.82, 2.24) is 4.90 Å². The van der Waals surface area contributed by atoms with Crippen LogP contribution in [0, 0.1) is 5.41 Å². The Bertz CT molecular complexity index is 919. The summed E-state index contributed by atoms with van der Waals surface area (Å²) in [6, 6.07) is 15.6. The largest absolute Gasteiger partial charge is 0.480 e. The van der Waals surface area contributed by atoms with Crippen molar-refractivity contribution in [3.63, 3.8) is 0 Å². The summed E-state index contributed by atoms with van der Waals surface area (Å²) in [6.07, 6.45) is 4.22. The molecule has 2 aromatic rings. The molecule has 2 aromatic carbocycles. The first-order valence-corrected chi connectivity index (χ1v) is 10.4. The van der Waals surface area contributed by atoms with E-state index in [2.05, 4.69) is 24.3 Å². The maximum absolute atomic E-state index is 13.0. The van der Waals surface area contributed by atoms with Crippen LogP contribution in [-0.2, 0) is 9.53 Å². The number of aliphatic carboxylic acids is 1. The minimum absolute atomic E-state index is 0.0166. The van der Waals surface area contributed by atoms with Gasteiger partial charge in [-0.15, -0.1) is 0 Å². The summed E-state index contributed by atoms with van der Waals surface area (Å²) in [5, 5.41) is 9.61. The highest BCUT2D eigenvalue weighted by molar-refractivity contribution is 5.81. The normalized spacial score (nSPS) is 21.9. The predicted molar refractivity (Wildman–Crippen MR) is 109 cm³/mol. The summed E-state index contributed by atoms with van der Waals surface area (Å²) in [5.41, 5.74) is 4.78. The summed E-state index contributed by atoms with van der Waals surface area (Å²) in [6.45, 7) is 0.726. The van der Waals surface area contributed by atoms with Crippen LogP contribution < -0.4 is 0 Å². The maximum Gasteiger partial charge on any atom is 0.410 e. The molecular weight excluding hydrogens is 366 g/mol. The molecule has 1 spiro atoms. The molecule has 1 saturated heterocycles. The Balaban J connectivity index is 1.35. The molecule has 5 nitrogen and oxygen atoms in total. The summed E-state index contributed by atoms with van der Waals surface area (Å²) in [7, 11) is 0. The van der Waals surface area contributed by atoms with Crippen LogP contribution in [-0.4, -0.2) is 41.3 Å². The van der Waals surface area contributed by atoms with E-state index < -0.39 is 18.1 Å². The van der Waals surface area contributed by atoms with E-state index in [1.165, 1.54) is 16.0 Å². The quantitative estimate of drug-likeness (QED) is 0.827. The third-order valence-corrected chi connectivity index (χ3v) is 7.10. The van der Waals surface area contributed by atoms with Crippen molar-refractivity contribution < 1.29 is 19.4 Å². The van der Waals surface area contributed by atoms with E-state index in [9.17, 15) is 14.7 Å². The van der Waals surface area contributed by atoms with Gasteiger partial charge in [0, 0.05) is 12.5 Å². The van der Waals surface area contributed by atoms with Gasteiger partial charge in [0.1, 0.15) is 12.6 Å². The van der Waals surface area contributed by atoms with Crippen molar-refractivity contribution in [2.24, 2.45) is 5.41 Å². The van der Waals surface area contributed by atoms with Crippen LogP contribution >= 0.6 is 0 Å². The number of nitrogens with zero attached hydrogens (tertiary/aromatic N) is 1. The van der Waals surface area contributed by atoms with Gasteiger partial charge < -0.3 is 9.84 Å². The Kier molecular flexibility index (Phi) is 4.34. The Morgan fingerprint density at radius 2 is 1.62 bits per heavy atom. The van der Waals surface area contributed by atoms with Gasteiger partial charge in [-0.05, 0) is 53.4 Å². The van der Waals surface area contributed by atoms with Crippen molar-refractivity contribution >= 4 is 12.1 Å². The highest BCUT2D eigenvalue weighted by Gasteiger charge is 2.47. The van der Waals surface area contributed by atoms with E-state index in [4.69, 9.17) is 4.74 Å². The molecule has 1 unspecified atom stereocenters. The topological polar surface area (TPSA) is 66.8 Å². The summed E-state index contributed by atoms with van der Waals surface area (Å²) >= 11 is 0. The van der Waals surface area contributed by atoms with Gasteiger partial charge in [0.15, 0.2) is 0 Å². The fourth-order valence-corrected chi connectivity index (χ4v) is 5.36. The number of hydrogen-bond acceptors (Lipinski definition) is 3. The van der Waals surface area contributed by atoms with Gasteiger partial charge in [-0.3, -0.25) is 4.90 Å². The average molecular weight is 391 g/mol. The van der Waals surface area contributed by atoms with Crippen LogP contribution in [0.2, 0.25) is 0 Å². The molecule has 1 N–H and O–H groups in total. The average Bonchev–Trinajstić information content (AvgIpc) is 3.04. The lowest BCUT2D eigenvalue weighted by Crippen LogP contribution is -2.56. The van der Waals surface area contributed by atoms with Gasteiger partial charge in [0.25, 0.3) is 0 Å². The molecule has 5 heteroatoms. The molecule has 1 atom stereocenters. The molecule has 5 rings (SSSR count). The standard InChI is InChI=1S/C24H25NO4/c26-22(27)21-10-13-24(11-5-12-24)15-25(21)23(28)29-14-20-18-8-3-1-6-16(18)17-7-2-4-9-19(17)20/h1-4,6-9,20-21H,5,10-15H2,(H,26,27). The third-order valence-electron chi connectivity index (χ3n) is 7.10. The molecule has 150 valence electrons. The van der Waals surface area contributed by atoms with E-state index in [1.807, 2.05) is 24.3 Å². The SMILES string of the molecule is O=C(O)C1CCC2(CCC2)CN1C(=O)OCC1c2ccccc2-c2ccccc21. The lowest BCUT2D eigenvalue weighted by molar-refractivity contribution is -0.146. The Hall–Kier alpha value is -2.82. The number of likely N-dealkylation sites (tertiary alicyclic amines) is 1. The van der Waals surface area contributed by atoms with E-state index in [1.54, 1.807) is 0 Å². The fourth-order valence-electron chi connectivity index (χ4n) is 5.36. The zero-order valence-electron chi connectivity index (χ0n) is 16.3. The Morgan fingerprint density at radius 1 is 1.00 bits per heavy atom. The van der Waals surface area contributed by atoms with Gasteiger partial charge in [-0.2, -0.15) is 0 Å². The van der Waals surface area contributed by atoms with Gasteiger partial charge in [-0.25, -0.2) is 9.59 Å². The first-order valence-electron chi connectivity index (χ1n) is 10.4. The first kappa shape index (κ1) is 18.2.